The molecule has 10 nitrogen and oxygen atoms in total. The number of amides is 2. The Bertz CT molecular complexity index is 1790. The summed E-state index contributed by atoms with van der Waals surface area (Å²) in [5, 5.41) is 17.5. The van der Waals surface area contributed by atoms with Crippen molar-refractivity contribution in [3.63, 3.8) is 0 Å². The minimum atomic E-state index is -0.483. The van der Waals surface area contributed by atoms with Gasteiger partial charge < -0.3 is 10.6 Å². The molecule has 0 atom stereocenters. The molecular formula is C27H20Cl3N7O3. The number of aromatic amines is 2. The zero-order valence-corrected chi connectivity index (χ0v) is 23.0. The van der Waals surface area contributed by atoms with Crippen LogP contribution < -0.4 is 16.3 Å². The number of halogens is 3. The lowest BCUT2D eigenvalue weighted by Crippen LogP contribution is -2.24. The van der Waals surface area contributed by atoms with Gasteiger partial charge in [0.05, 0.1) is 22.9 Å². The Labute approximate surface area is 242 Å². The quantitative estimate of drug-likeness (QED) is 0.199. The number of nitrogens with zero attached hydrogens (tertiary/aromatic N) is 3. The lowest BCUT2D eigenvalue weighted by atomic mass is 10.1. The number of nitrogens with one attached hydrogen (secondary N) is 4. The Kier molecular flexibility index (Phi) is 7.74. The van der Waals surface area contributed by atoms with Gasteiger partial charge in [0.1, 0.15) is 5.82 Å². The molecule has 0 unspecified atom stereocenters. The monoisotopic (exact) mass is 595 g/mol. The van der Waals surface area contributed by atoms with E-state index >= 15 is 0 Å². The molecule has 0 bridgehead atoms. The maximum absolute atomic E-state index is 13.4. The van der Waals surface area contributed by atoms with Crippen LogP contribution in [0.2, 0.25) is 15.1 Å². The van der Waals surface area contributed by atoms with Gasteiger partial charge in [-0.1, -0.05) is 53.0 Å². The molecule has 0 aliphatic rings. The van der Waals surface area contributed by atoms with Crippen molar-refractivity contribution in [3.05, 3.63) is 115 Å². The number of H-pyrrole nitrogens is 2. The summed E-state index contributed by atoms with van der Waals surface area (Å²) in [6, 6.07) is 18.6. The van der Waals surface area contributed by atoms with Crippen LogP contribution in [0.5, 0.6) is 0 Å². The fourth-order valence-corrected chi connectivity index (χ4v) is 4.68. The number of hydrogen-bond acceptors (Lipinski definition) is 5. The van der Waals surface area contributed by atoms with Crippen molar-refractivity contribution >= 4 is 52.3 Å². The Morgan fingerprint density at radius 2 is 1.70 bits per heavy atom. The van der Waals surface area contributed by atoms with Crippen LogP contribution in [0, 0.1) is 6.92 Å². The number of carbonyl (C=O) groups excluding carboxylic acids is 2. The molecule has 5 rings (SSSR count). The zero-order chi connectivity index (χ0) is 28.4. The lowest BCUT2D eigenvalue weighted by Gasteiger charge is -2.11. The summed E-state index contributed by atoms with van der Waals surface area (Å²) in [6.45, 7) is 1.81. The third-order valence-electron chi connectivity index (χ3n) is 5.94. The molecule has 0 aliphatic heterocycles. The molecule has 13 heteroatoms. The summed E-state index contributed by atoms with van der Waals surface area (Å²) in [6.07, 6.45) is 0. The minimum Gasteiger partial charge on any atom is -0.345 e. The third kappa shape index (κ3) is 5.79. The summed E-state index contributed by atoms with van der Waals surface area (Å²) in [4.78, 5) is 39.7. The normalized spacial score (nSPS) is 10.9. The SMILES string of the molecule is Cc1c(C(=O)Nc2cccc(C(=O)NCc3n[nH]c(=O)[nH]3)c2)nn(-c2ccc(Cl)cc2Cl)c1-c1ccc(Cl)cc1. The molecule has 0 radical (unpaired) electrons. The predicted octanol–water partition coefficient (Wildman–Crippen LogP) is 5.40. The average Bonchev–Trinajstić information content (AvgIpc) is 3.50. The Balaban J connectivity index is 1.44. The maximum Gasteiger partial charge on any atom is 0.340 e. The molecule has 0 spiro atoms. The summed E-state index contributed by atoms with van der Waals surface area (Å²) in [7, 11) is 0. The van der Waals surface area contributed by atoms with Crippen molar-refractivity contribution in [1.29, 1.82) is 0 Å². The van der Waals surface area contributed by atoms with E-state index in [0.717, 1.165) is 5.56 Å². The first-order valence-corrected chi connectivity index (χ1v) is 13.0. The number of aromatic nitrogens is 5. The van der Waals surface area contributed by atoms with E-state index in [-0.39, 0.29) is 18.1 Å². The molecule has 40 heavy (non-hydrogen) atoms. The van der Waals surface area contributed by atoms with E-state index in [1.165, 1.54) is 6.07 Å². The van der Waals surface area contributed by atoms with Crippen molar-refractivity contribution in [2.24, 2.45) is 0 Å². The highest BCUT2D eigenvalue weighted by Crippen LogP contribution is 2.33. The highest BCUT2D eigenvalue weighted by atomic mass is 35.5. The number of rotatable bonds is 7. The van der Waals surface area contributed by atoms with Crippen LogP contribution in [0.1, 0.15) is 32.2 Å². The summed E-state index contributed by atoms with van der Waals surface area (Å²) < 4.78 is 1.59. The first-order valence-electron chi connectivity index (χ1n) is 11.8. The minimum absolute atomic E-state index is 0.0194. The molecule has 0 fully saturated rings. The molecule has 0 saturated carbocycles. The van der Waals surface area contributed by atoms with E-state index in [1.807, 2.05) is 12.1 Å². The van der Waals surface area contributed by atoms with Crippen LogP contribution in [-0.4, -0.2) is 36.8 Å². The molecule has 2 amide bonds. The van der Waals surface area contributed by atoms with Gasteiger partial charge >= 0.3 is 5.69 Å². The second-order valence-electron chi connectivity index (χ2n) is 8.68. The van der Waals surface area contributed by atoms with E-state index in [9.17, 15) is 14.4 Å². The molecule has 5 aromatic rings. The topological polar surface area (TPSA) is 138 Å². The molecule has 202 valence electrons. The van der Waals surface area contributed by atoms with Crippen molar-refractivity contribution in [3.8, 4) is 16.9 Å². The molecule has 2 aromatic heterocycles. The van der Waals surface area contributed by atoms with Gasteiger partial charge in [0, 0.05) is 32.4 Å². The molecule has 4 N–H and O–H groups in total. The van der Waals surface area contributed by atoms with Crippen LogP contribution in [0.4, 0.5) is 5.69 Å². The first kappa shape index (κ1) is 27.2. The molecule has 2 heterocycles. The van der Waals surface area contributed by atoms with Gasteiger partial charge in [-0.05, 0) is 55.5 Å². The van der Waals surface area contributed by atoms with Crippen LogP contribution in [0.15, 0.2) is 71.5 Å². The van der Waals surface area contributed by atoms with Gasteiger partial charge in [0.25, 0.3) is 11.8 Å². The smallest absolute Gasteiger partial charge is 0.340 e. The van der Waals surface area contributed by atoms with Crippen molar-refractivity contribution in [2.75, 3.05) is 5.32 Å². The zero-order valence-electron chi connectivity index (χ0n) is 20.8. The highest BCUT2D eigenvalue weighted by Gasteiger charge is 2.23. The second-order valence-corrected chi connectivity index (χ2v) is 9.96. The summed E-state index contributed by atoms with van der Waals surface area (Å²) >= 11 is 18.7. The largest absolute Gasteiger partial charge is 0.345 e. The fraction of sp³-hybridized carbons (Fsp3) is 0.0741. The van der Waals surface area contributed by atoms with E-state index in [1.54, 1.807) is 60.1 Å². The van der Waals surface area contributed by atoms with Crippen molar-refractivity contribution in [2.45, 2.75) is 13.5 Å². The number of carbonyl (C=O) groups is 2. The highest BCUT2D eigenvalue weighted by molar-refractivity contribution is 6.35. The van der Waals surface area contributed by atoms with Gasteiger partial charge in [0.15, 0.2) is 5.69 Å². The molecular weight excluding hydrogens is 577 g/mol. The van der Waals surface area contributed by atoms with Crippen LogP contribution in [0.3, 0.4) is 0 Å². The van der Waals surface area contributed by atoms with Gasteiger partial charge in [-0.3, -0.25) is 14.6 Å². The first-order chi connectivity index (χ1) is 19.2. The van der Waals surface area contributed by atoms with Crippen molar-refractivity contribution < 1.29 is 9.59 Å². The Morgan fingerprint density at radius 3 is 2.40 bits per heavy atom. The van der Waals surface area contributed by atoms with Gasteiger partial charge in [-0.2, -0.15) is 10.2 Å². The van der Waals surface area contributed by atoms with E-state index < -0.39 is 17.5 Å². The Morgan fingerprint density at radius 1 is 0.950 bits per heavy atom. The van der Waals surface area contributed by atoms with Gasteiger partial charge in [-0.15, -0.1) is 0 Å². The van der Waals surface area contributed by atoms with Crippen molar-refractivity contribution in [1.82, 2.24) is 30.3 Å². The maximum atomic E-state index is 13.4. The van der Waals surface area contributed by atoms with E-state index in [2.05, 4.69) is 30.9 Å². The molecule has 0 saturated heterocycles. The van der Waals surface area contributed by atoms with Crippen LogP contribution in [0.25, 0.3) is 16.9 Å². The molecule has 0 aliphatic carbocycles. The Hall–Kier alpha value is -4.38. The summed E-state index contributed by atoms with van der Waals surface area (Å²) in [5.41, 5.74) is 2.94. The van der Waals surface area contributed by atoms with E-state index in [0.29, 0.717) is 43.3 Å². The fourth-order valence-electron chi connectivity index (χ4n) is 4.07. The predicted molar refractivity (Wildman–Crippen MR) is 154 cm³/mol. The standard InChI is InChI=1S/C27H20Cl3N7O3/c1-14-23(26(39)32-19-4-2-3-16(11-19)25(38)31-13-22-33-27(40)35-34-22)36-37(21-10-9-18(29)12-20(21)30)24(14)15-5-7-17(28)8-6-15/h2-12H,13H2,1H3,(H,31,38)(H,32,39)(H2,33,34,35,40). The number of anilines is 1. The van der Waals surface area contributed by atoms with Crippen LogP contribution in [-0.2, 0) is 6.54 Å². The number of hydrogen-bond donors (Lipinski definition) is 4. The molecule has 3 aromatic carbocycles. The van der Waals surface area contributed by atoms with E-state index in [4.69, 9.17) is 34.8 Å². The summed E-state index contributed by atoms with van der Waals surface area (Å²) in [5.74, 6) is -0.614. The second kappa shape index (κ2) is 11.4. The third-order valence-corrected chi connectivity index (χ3v) is 6.73. The lowest BCUT2D eigenvalue weighted by molar-refractivity contribution is 0.0948. The average molecular weight is 597 g/mol. The van der Waals surface area contributed by atoms with Crippen LogP contribution >= 0.6 is 34.8 Å². The van der Waals surface area contributed by atoms with Gasteiger partial charge in [-0.25, -0.2) is 14.6 Å². The van der Waals surface area contributed by atoms with Gasteiger partial charge in [0.2, 0.25) is 0 Å². The number of benzene rings is 3.